The molecular weight excluding hydrogens is 384 g/mol. The van der Waals surface area contributed by atoms with Gasteiger partial charge in [-0.3, -0.25) is 9.59 Å². The van der Waals surface area contributed by atoms with Crippen LogP contribution in [-0.2, 0) is 28.9 Å². The summed E-state index contributed by atoms with van der Waals surface area (Å²) >= 11 is 0. The predicted molar refractivity (Wildman–Crippen MR) is 123 cm³/mol. The van der Waals surface area contributed by atoms with Crippen LogP contribution in [0.4, 0.5) is 0 Å². The van der Waals surface area contributed by atoms with Gasteiger partial charge >= 0.3 is 0 Å². The zero-order chi connectivity index (χ0) is 21.3. The van der Waals surface area contributed by atoms with E-state index in [9.17, 15) is 9.59 Å². The first-order chi connectivity index (χ1) is 15.1. The number of nitrogens with one attached hydrogen (secondary N) is 2. The van der Waals surface area contributed by atoms with Gasteiger partial charge in [0, 0.05) is 24.4 Å². The maximum atomic E-state index is 12.7. The molecule has 1 aliphatic carbocycles. The number of hydrogen-bond acceptors (Lipinski definition) is 2. The van der Waals surface area contributed by atoms with Crippen LogP contribution in [0.2, 0.25) is 0 Å². The molecule has 158 valence electrons. The topological polar surface area (TPSA) is 58.2 Å². The summed E-state index contributed by atoms with van der Waals surface area (Å²) in [5.41, 5.74) is 3.54. The Morgan fingerprint density at radius 1 is 0.968 bits per heavy atom. The molecular formula is C27H28N2O2. The summed E-state index contributed by atoms with van der Waals surface area (Å²) in [5, 5.41) is 8.84. The van der Waals surface area contributed by atoms with E-state index in [0.29, 0.717) is 19.3 Å². The molecule has 1 heterocycles. The van der Waals surface area contributed by atoms with Crippen LogP contribution in [0.5, 0.6) is 0 Å². The molecule has 2 N–H and O–H groups in total. The van der Waals surface area contributed by atoms with Crippen molar-refractivity contribution < 1.29 is 9.59 Å². The highest BCUT2D eigenvalue weighted by Crippen LogP contribution is 2.31. The summed E-state index contributed by atoms with van der Waals surface area (Å²) in [6.45, 7) is 0. The van der Waals surface area contributed by atoms with Crippen molar-refractivity contribution in [3.8, 4) is 0 Å². The number of carbonyl (C=O) groups excluding carboxylic acids is 2. The molecule has 3 aromatic rings. The Morgan fingerprint density at radius 3 is 2.39 bits per heavy atom. The monoisotopic (exact) mass is 412 g/mol. The van der Waals surface area contributed by atoms with Crippen LogP contribution in [0.25, 0.3) is 10.8 Å². The van der Waals surface area contributed by atoms with Gasteiger partial charge in [-0.05, 0) is 59.6 Å². The van der Waals surface area contributed by atoms with Crippen molar-refractivity contribution in [2.24, 2.45) is 0 Å². The highest BCUT2D eigenvalue weighted by atomic mass is 16.2. The smallest absolute Gasteiger partial charge is 0.220 e. The fourth-order valence-corrected chi connectivity index (χ4v) is 5.24. The number of amides is 2. The van der Waals surface area contributed by atoms with Crippen molar-refractivity contribution >= 4 is 22.6 Å². The number of benzene rings is 3. The van der Waals surface area contributed by atoms with Crippen molar-refractivity contribution in [1.82, 2.24) is 10.6 Å². The first-order valence-electron chi connectivity index (χ1n) is 11.2. The molecule has 4 heteroatoms. The van der Waals surface area contributed by atoms with E-state index in [1.54, 1.807) is 0 Å². The van der Waals surface area contributed by atoms with Gasteiger partial charge in [0.05, 0.1) is 0 Å². The second-order valence-corrected chi connectivity index (χ2v) is 9.13. The second-order valence-electron chi connectivity index (χ2n) is 9.13. The van der Waals surface area contributed by atoms with Gasteiger partial charge in [-0.2, -0.15) is 0 Å². The minimum atomic E-state index is -0.338. The second kappa shape index (κ2) is 8.18. The molecule has 31 heavy (non-hydrogen) atoms. The molecule has 0 bridgehead atoms. The van der Waals surface area contributed by atoms with Gasteiger partial charge < -0.3 is 10.6 Å². The Morgan fingerprint density at radius 2 is 1.68 bits per heavy atom. The van der Waals surface area contributed by atoms with Gasteiger partial charge in [-0.1, -0.05) is 66.7 Å². The summed E-state index contributed by atoms with van der Waals surface area (Å²) in [7, 11) is 0. The molecule has 1 fully saturated rings. The Kier molecular flexibility index (Phi) is 5.23. The van der Waals surface area contributed by atoms with Crippen molar-refractivity contribution in [3.63, 3.8) is 0 Å². The van der Waals surface area contributed by atoms with E-state index in [-0.39, 0.29) is 23.4 Å². The predicted octanol–water partition coefficient (Wildman–Crippen LogP) is 4.09. The molecule has 0 unspecified atom stereocenters. The largest absolute Gasteiger partial charge is 0.353 e. The molecule has 2 aliphatic rings. The van der Waals surface area contributed by atoms with E-state index in [4.69, 9.17) is 0 Å². The van der Waals surface area contributed by atoms with Crippen molar-refractivity contribution in [2.45, 2.75) is 56.5 Å². The first-order valence-corrected chi connectivity index (χ1v) is 11.2. The SMILES string of the molecule is O=C(CC[C@]1(Cc2ccc3ccccc3c2)CCC(=O)N1)NC1Cc2ccccc2C1. The lowest BCUT2D eigenvalue weighted by atomic mass is 9.84. The van der Waals surface area contributed by atoms with Crippen LogP contribution in [0.3, 0.4) is 0 Å². The fourth-order valence-electron chi connectivity index (χ4n) is 5.24. The van der Waals surface area contributed by atoms with Gasteiger partial charge in [0.15, 0.2) is 0 Å². The van der Waals surface area contributed by atoms with Gasteiger partial charge in [-0.25, -0.2) is 0 Å². The number of carbonyl (C=O) groups is 2. The Hall–Kier alpha value is -3.14. The van der Waals surface area contributed by atoms with Gasteiger partial charge in [0.2, 0.25) is 11.8 Å². The first kappa shape index (κ1) is 19.8. The molecule has 4 nitrogen and oxygen atoms in total. The Bertz CT molecular complexity index is 1110. The summed E-state index contributed by atoms with van der Waals surface area (Å²) in [6.07, 6.45) is 4.97. The van der Waals surface area contributed by atoms with E-state index in [0.717, 1.165) is 25.7 Å². The molecule has 3 aromatic carbocycles. The summed E-state index contributed by atoms with van der Waals surface area (Å²) in [4.78, 5) is 24.8. The molecule has 0 saturated carbocycles. The lowest BCUT2D eigenvalue weighted by Gasteiger charge is -2.29. The molecule has 0 spiro atoms. The highest BCUT2D eigenvalue weighted by Gasteiger charge is 2.38. The Labute approximate surface area is 183 Å². The summed E-state index contributed by atoms with van der Waals surface area (Å²) in [6, 6.07) is 23.4. The van der Waals surface area contributed by atoms with Crippen LogP contribution in [0.15, 0.2) is 66.7 Å². The van der Waals surface area contributed by atoms with Crippen LogP contribution in [-0.4, -0.2) is 23.4 Å². The van der Waals surface area contributed by atoms with Gasteiger partial charge in [0.25, 0.3) is 0 Å². The third-order valence-electron chi connectivity index (χ3n) is 6.84. The van der Waals surface area contributed by atoms with Crippen LogP contribution in [0, 0.1) is 0 Å². The average Bonchev–Trinajstić information content (AvgIpc) is 3.35. The van der Waals surface area contributed by atoms with Crippen molar-refractivity contribution in [2.75, 3.05) is 0 Å². The quantitative estimate of drug-likeness (QED) is 0.641. The van der Waals surface area contributed by atoms with Crippen molar-refractivity contribution in [3.05, 3.63) is 83.4 Å². The molecule has 0 aromatic heterocycles. The number of rotatable bonds is 6. The average molecular weight is 413 g/mol. The van der Waals surface area contributed by atoms with E-state index in [2.05, 4.69) is 65.2 Å². The molecule has 1 aliphatic heterocycles. The molecule has 1 saturated heterocycles. The van der Waals surface area contributed by atoms with E-state index in [1.165, 1.54) is 27.5 Å². The maximum Gasteiger partial charge on any atom is 0.220 e. The van der Waals surface area contributed by atoms with Gasteiger partial charge in [-0.15, -0.1) is 0 Å². The van der Waals surface area contributed by atoms with E-state index in [1.807, 2.05) is 12.1 Å². The normalized spacial score (nSPS) is 20.6. The molecule has 1 atom stereocenters. The minimum absolute atomic E-state index is 0.0804. The number of fused-ring (bicyclic) bond motifs is 2. The van der Waals surface area contributed by atoms with Crippen LogP contribution in [0.1, 0.15) is 42.4 Å². The molecule has 0 radical (unpaired) electrons. The van der Waals surface area contributed by atoms with E-state index < -0.39 is 0 Å². The molecule has 2 amide bonds. The maximum absolute atomic E-state index is 12.7. The third-order valence-corrected chi connectivity index (χ3v) is 6.84. The van der Waals surface area contributed by atoms with Crippen molar-refractivity contribution in [1.29, 1.82) is 0 Å². The zero-order valence-corrected chi connectivity index (χ0v) is 17.7. The lowest BCUT2D eigenvalue weighted by molar-refractivity contribution is -0.123. The summed E-state index contributed by atoms with van der Waals surface area (Å²) < 4.78 is 0. The molecule has 5 rings (SSSR count). The van der Waals surface area contributed by atoms with Gasteiger partial charge in [0.1, 0.15) is 0 Å². The van der Waals surface area contributed by atoms with Crippen LogP contribution < -0.4 is 10.6 Å². The minimum Gasteiger partial charge on any atom is -0.353 e. The van der Waals surface area contributed by atoms with Crippen LogP contribution >= 0.6 is 0 Å². The van der Waals surface area contributed by atoms with E-state index >= 15 is 0 Å². The standard InChI is InChI=1S/C27H28N2O2/c30-25(28-24-16-22-7-3-4-8-23(22)17-24)11-13-27(14-12-26(31)29-27)18-19-9-10-20-5-1-2-6-21(20)15-19/h1-10,15,24H,11-14,16-18H2,(H,28,30)(H,29,31)/t27-/m1/s1. The third kappa shape index (κ3) is 4.34. The highest BCUT2D eigenvalue weighted by molar-refractivity contribution is 5.83. The number of hydrogen-bond donors (Lipinski definition) is 2. The summed E-state index contributed by atoms with van der Waals surface area (Å²) in [5.74, 6) is 0.171. The lowest BCUT2D eigenvalue weighted by Crippen LogP contribution is -2.45. The fraction of sp³-hybridized carbons (Fsp3) is 0.333. The zero-order valence-electron chi connectivity index (χ0n) is 17.7. The Balaban J connectivity index is 1.23.